The second-order valence-electron chi connectivity index (χ2n) is 4.95. The first-order valence-electron chi connectivity index (χ1n) is 6.97. The first-order valence-corrected chi connectivity index (χ1v) is 8.81. The van der Waals surface area contributed by atoms with E-state index in [1.807, 2.05) is 18.2 Å². The Labute approximate surface area is 136 Å². The second kappa shape index (κ2) is 7.11. The van der Waals surface area contributed by atoms with Crippen molar-refractivity contribution in [1.29, 1.82) is 0 Å². The molecule has 0 atom stereocenters. The van der Waals surface area contributed by atoms with Gasteiger partial charge in [-0.2, -0.15) is 0 Å². The summed E-state index contributed by atoms with van der Waals surface area (Å²) in [5.41, 5.74) is 1.64. The molecule has 2 rings (SSSR count). The third-order valence-electron chi connectivity index (χ3n) is 3.14. The SMILES string of the molecule is C=CCN(c1ccc(C(=O)Nc2ccccc2)cc1)S(C)(=O)=O. The molecule has 23 heavy (non-hydrogen) atoms. The van der Waals surface area contributed by atoms with Crippen molar-refractivity contribution < 1.29 is 13.2 Å². The molecule has 0 saturated heterocycles. The fraction of sp³-hybridized carbons (Fsp3) is 0.118. The van der Waals surface area contributed by atoms with Crippen LogP contribution in [0.25, 0.3) is 0 Å². The van der Waals surface area contributed by atoms with Crippen LogP contribution in [-0.2, 0) is 10.0 Å². The van der Waals surface area contributed by atoms with Crippen LogP contribution < -0.4 is 9.62 Å². The molecule has 2 aromatic rings. The molecule has 6 heteroatoms. The molecule has 0 aliphatic carbocycles. The Kier molecular flexibility index (Phi) is 5.18. The molecule has 0 radical (unpaired) electrons. The van der Waals surface area contributed by atoms with Gasteiger partial charge in [0.05, 0.1) is 18.5 Å². The minimum atomic E-state index is -3.40. The van der Waals surface area contributed by atoms with Crippen molar-refractivity contribution in [3.8, 4) is 0 Å². The summed E-state index contributed by atoms with van der Waals surface area (Å²) in [6.45, 7) is 3.74. The molecular formula is C17H18N2O3S. The Balaban J connectivity index is 2.18. The first-order chi connectivity index (χ1) is 10.9. The van der Waals surface area contributed by atoms with Crippen molar-refractivity contribution in [3.63, 3.8) is 0 Å². The minimum Gasteiger partial charge on any atom is -0.322 e. The van der Waals surface area contributed by atoms with Gasteiger partial charge in [0.25, 0.3) is 5.91 Å². The smallest absolute Gasteiger partial charge is 0.255 e. The minimum absolute atomic E-state index is 0.175. The van der Waals surface area contributed by atoms with Crippen LogP contribution in [0.15, 0.2) is 67.3 Å². The lowest BCUT2D eigenvalue weighted by Gasteiger charge is -2.20. The number of amides is 1. The van der Waals surface area contributed by atoms with Gasteiger partial charge in [0.2, 0.25) is 10.0 Å². The standard InChI is InChI=1S/C17H18N2O3S/c1-3-13-19(23(2,21)22)16-11-9-14(10-12-16)17(20)18-15-7-5-4-6-8-15/h3-12H,1,13H2,2H3,(H,18,20). The van der Waals surface area contributed by atoms with Crippen LogP contribution in [0.1, 0.15) is 10.4 Å². The van der Waals surface area contributed by atoms with E-state index < -0.39 is 10.0 Å². The van der Waals surface area contributed by atoms with Crippen LogP contribution in [0, 0.1) is 0 Å². The average Bonchev–Trinajstić information content (AvgIpc) is 2.52. The molecule has 2 aromatic carbocycles. The Hall–Kier alpha value is -2.60. The number of anilines is 2. The molecule has 0 heterocycles. The van der Waals surface area contributed by atoms with Crippen molar-refractivity contribution in [2.45, 2.75) is 0 Å². The van der Waals surface area contributed by atoms with Crippen LogP contribution in [-0.4, -0.2) is 27.1 Å². The van der Waals surface area contributed by atoms with E-state index in [0.29, 0.717) is 16.9 Å². The van der Waals surface area contributed by atoms with Gasteiger partial charge in [-0.3, -0.25) is 9.10 Å². The summed E-state index contributed by atoms with van der Waals surface area (Å²) in [7, 11) is -3.40. The Morgan fingerprint density at radius 1 is 1.13 bits per heavy atom. The van der Waals surface area contributed by atoms with Crippen molar-refractivity contribution in [2.75, 3.05) is 22.4 Å². The summed E-state index contributed by atoms with van der Waals surface area (Å²) in [5.74, 6) is -0.252. The van der Waals surface area contributed by atoms with Gasteiger partial charge in [-0.15, -0.1) is 6.58 Å². The van der Waals surface area contributed by atoms with E-state index in [9.17, 15) is 13.2 Å². The number of carbonyl (C=O) groups excluding carboxylic acids is 1. The molecular weight excluding hydrogens is 312 g/mol. The highest BCUT2D eigenvalue weighted by molar-refractivity contribution is 7.92. The summed E-state index contributed by atoms with van der Waals surface area (Å²) in [5, 5.41) is 2.78. The largest absolute Gasteiger partial charge is 0.322 e. The molecule has 0 spiro atoms. The molecule has 1 amide bonds. The summed E-state index contributed by atoms with van der Waals surface area (Å²) >= 11 is 0. The number of sulfonamides is 1. The van der Waals surface area contributed by atoms with E-state index in [-0.39, 0.29) is 12.5 Å². The monoisotopic (exact) mass is 330 g/mol. The predicted octanol–water partition coefficient (Wildman–Crippen LogP) is 2.89. The number of carbonyl (C=O) groups is 1. The topological polar surface area (TPSA) is 66.5 Å². The molecule has 0 unspecified atom stereocenters. The normalized spacial score (nSPS) is 10.8. The van der Waals surface area contributed by atoms with Crippen molar-refractivity contribution >= 4 is 27.3 Å². The number of para-hydroxylation sites is 1. The third kappa shape index (κ3) is 4.43. The van der Waals surface area contributed by atoms with Gasteiger partial charge in [0.1, 0.15) is 0 Å². The predicted molar refractivity (Wildman–Crippen MR) is 93.2 cm³/mol. The Bertz CT molecular complexity index is 784. The second-order valence-corrected chi connectivity index (χ2v) is 6.86. The van der Waals surface area contributed by atoms with Crippen LogP contribution in [0.3, 0.4) is 0 Å². The fourth-order valence-electron chi connectivity index (χ4n) is 2.05. The van der Waals surface area contributed by atoms with E-state index >= 15 is 0 Å². The van der Waals surface area contributed by atoms with Crippen LogP contribution >= 0.6 is 0 Å². The zero-order valence-corrected chi connectivity index (χ0v) is 13.6. The number of rotatable bonds is 6. The Morgan fingerprint density at radius 2 is 1.74 bits per heavy atom. The van der Waals surface area contributed by atoms with Crippen molar-refractivity contribution in [3.05, 3.63) is 72.8 Å². The lowest BCUT2D eigenvalue weighted by molar-refractivity contribution is 0.102. The number of benzene rings is 2. The molecule has 0 aliphatic heterocycles. The maximum absolute atomic E-state index is 12.2. The van der Waals surface area contributed by atoms with Gasteiger partial charge in [0.15, 0.2) is 0 Å². The maximum atomic E-state index is 12.2. The van der Waals surface area contributed by atoms with Gasteiger partial charge in [-0.1, -0.05) is 24.3 Å². The lowest BCUT2D eigenvalue weighted by Crippen LogP contribution is -2.29. The van der Waals surface area contributed by atoms with Gasteiger partial charge >= 0.3 is 0 Å². The zero-order valence-electron chi connectivity index (χ0n) is 12.8. The van der Waals surface area contributed by atoms with E-state index in [2.05, 4.69) is 11.9 Å². The number of nitrogens with zero attached hydrogens (tertiary/aromatic N) is 1. The van der Waals surface area contributed by atoms with E-state index in [1.54, 1.807) is 36.4 Å². The van der Waals surface area contributed by atoms with E-state index in [0.717, 1.165) is 6.26 Å². The highest BCUT2D eigenvalue weighted by atomic mass is 32.2. The molecule has 1 N–H and O–H groups in total. The third-order valence-corrected chi connectivity index (χ3v) is 4.30. The number of hydrogen-bond donors (Lipinski definition) is 1. The zero-order chi connectivity index (χ0) is 16.9. The molecule has 5 nitrogen and oxygen atoms in total. The van der Waals surface area contributed by atoms with Crippen LogP contribution in [0.5, 0.6) is 0 Å². The Morgan fingerprint density at radius 3 is 2.26 bits per heavy atom. The quantitative estimate of drug-likeness (QED) is 0.828. The van der Waals surface area contributed by atoms with Crippen LogP contribution in [0.2, 0.25) is 0 Å². The molecule has 0 fully saturated rings. The summed E-state index contributed by atoms with van der Waals surface area (Å²) in [4.78, 5) is 12.2. The first kappa shape index (κ1) is 16.8. The summed E-state index contributed by atoms with van der Waals surface area (Å²) in [6.07, 6.45) is 2.64. The lowest BCUT2D eigenvalue weighted by atomic mass is 10.2. The van der Waals surface area contributed by atoms with Crippen LogP contribution in [0.4, 0.5) is 11.4 Å². The molecule has 0 bridgehead atoms. The molecule has 0 aromatic heterocycles. The number of hydrogen-bond acceptors (Lipinski definition) is 3. The highest BCUT2D eigenvalue weighted by Gasteiger charge is 2.16. The molecule has 120 valence electrons. The van der Waals surface area contributed by atoms with Gasteiger partial charge < -0.3 is 5.32 Å². The maximum Gasteiger partial charge on any atom is 0.255 e. The van der Waals surface area contributed by atoms with Crippen molar-refractivity contribution in [1.82, 2.24) is 0 Å². The van der Waals surface area contributed by atoms with Gasteiger partial charge in [-0.05, 0) is 36.4 Å². The fourth-order valence-corrected chi connectivity index (χ4v) is 2.93. The van der Waals surface area contributed by atoms with Gasteiger partial charge in [-0.25, -0.2) is 8.42 Å². The molecule has 0 aliphatic rings. The summed E-state index contributed by atoms with van der Waals surface area (Å²) < 4.78 is 24.8. The van der Waals surface area contributed by atoms with Gasteiger partial charge in [0, 0.05) is 11.3 Å². The average molecular weight is 330 g/mol. The number of nitrogens with one attached hydrogen (secondary N) is 1. The highest BCUT2D eigenvalue weighted by Crippen LogP contribution is 2.19. The van der Waals surface area contributed by atoms with Crippen molar-refractivity contribution in [2.24, 2.45) is 0 Å². The molecule has 0 saturated carbocycles. The van der Waals surface area contributed by atoms with E-state index in [4.69, 9.17) is 0 Å². The van der Waals surface area contributed by atoms with E-state index in [1.165, 1.54) is 10.4 Å². The summed E-state index contributed by atoms with van der Waals surface area (Å²) in [6, 6.07) is 15.5.